The van der Waals surface area contributed by atoms with Crippen molar-refractivity contribution in [1.82, 2.24) is 4.90 Å². The van der Waals surface area contributed by atoms with Gasteiger partial charge in [0, 0.05) is 18.2 Å². The first-order valence-corrected chi connectivity index (χ1v) is 8.87. The number of nitrogens with one attached hydrogen (secondary N) is 1. The highest BCUT2D eigenvalue weighted by Gasteiger charge is 2.25. The zero-order chi connectivity index (χ0) is 18.5. The normalized spacial score (nSPS) is 16.2. The van der Waals surface area contributed by atoms with Crippen molar-refractivity contribution in [3.8, 4) is 0 Å². The number of rotatable bonds is 7. The lowest BCUT2D eigenvalue weighted by molar-refractivity contribution is -0.384. The second kappa shape index (κ2) is 8.14. The molecular formula is C19H23N3O4. The van der Waals surface area contributed by atoms with Crippen LogP contribution in [0.2, 0.25) is 0 Å². The summed E-state index contributed by atoms with van der Waals surface area (Å²) in [4.78, 5) is 24.8. The van der Waals surface area contributed by atoms with Crippen LogP contribution in [0.15, 0.2) is 41.0 Å². The molecule has 1 aliphatic heterocycles. The Bertz CT molecular complexity index is 767. The fourth-order valence-electron chi connectivity index (χ4n) is 3.38. The van der Waals surface area contributed by atoms with Crippen LogP contribution in [-0.4, -0.2) is 35.2 Å². The monoisotopic (exact) mass is 357 g/mol. The minimum Gasteiger partial charge on any atom is -0.468 e. The third-order valence-electron chi connectivity index (χ3n) is 4.79. The Morgan fingerprint density at radius 2 is 2.08 bits per heavy atom. The minimum atomic E-state index is -0.461. The number of carbonyl (C=O) groups excluding carboxylic acids is 1. The molecule has 0 spiro atoms. The molecule has 0 bridgehead atoms. The van der Waals surface area contributed by atoms with E-state index in [2.05, 4.69) is 10.2 Å². The van der Waals surface area contributed by atoms with Gasteiger partial charge in [0.15, 0.2) is 5.78 Å². The average molecular weight is 357 g/mol. The highest BCUT2D eigenvalue weighted by molar-refractivity contribution is 5.95. The minimum absolute atomic E-state index is 0.0115. The molecule has 1 saturated heterocycles. The molecule has 1 fully saturated rings. The van der Waals surface area contributed by atoms with Gasteiger partial charge in [-0.3, -0.25) is 19.8 Å². The molecule has 2 heterocycles. The van der Waals surface area contributed by atoms with Crippen LogP contribution in [0.1, 0.15) is 48.3 Å². The summed E-state index contributed by atoms with van der Waals surface area (Å²) >= 11 is 0. The molecule has 1 aliphatic rings. The number of ketones is 1. The van der Waals surface area contributed by atoms with Gasteiger partial charge in [-0.2, -0.15) is 0 Å². The van der Waals surface area contributed by atoms with Gasteiger partial charge in [-0.1, -0.05) is 6.42 Å². The van der Waals surface area contributed by atoms with E-state index >= 15 is 0 Å². The van der Waals surface area contributed by atoms with Gasteiger partial charge in [-0.05, 0) is 57.1 Å². The first kappa shape index (κ1) is 18.1. The summed E-state index contributed by atoms with van der Waals surface area (Å²) < 4.78 is 5.61. The summed E-state index contributed by atoms with van der Waals surface area (Å²) in [6, 6.07) is 8.35. The predicted molar refractivity (Wildman–Crippen MR) is 98.5 cm³/mol. The second-order valence-corrected chi connectivity index (χ2v) is 6.55. The lowest BCUT2D eigenvalue weighted by atomic mass is 10.1. The number of nitro groups is 1. The third-order valence-corrected chi connectivity index (χ3v) is 4.79. The Kier molecular flexibility index (Phi) is 5.68. The lowest BCUT2D eigenvalue weighted by Crippen LogP contribution is -2.37. The lowest BCUT2D eigenvalue weighted by Gasteiger charge is -2.33. The molecule has 0 aliphatic carbocycles. The van der Waals surface area contributed by atoms with E-state index < -0.39 is 4.92 Å². The number of piperidine rings is 1. The Morgan fingerprint density at radius 3 is 2.69 bits per heavy atom. The predicted octanol–water partition coefficient (Wildman–Crippen LogP) is 4.03. The van der Waals surface area contributed by atoms with E-state index in [4.69, 9.17) is 4.42 Å². The summed E-state index contributed by atoms with van der Waals surface area (Å²) in [5.74, 6) is 0.656. The fourth-order valence-corrected chi connectivity index (χ4v) is 3.38. The van der Waals surface area contributed by atoms with Gasteiger partial charge in [0.2, 0.25) is 0 Å². The van der Waals surface area contributed by atoms with Crippen molar-refractivity contribution in [2.45, 2.75) is 32.2 Å². The van der Waals surface area contributed by atoms with E-state index in [1.54, 1.807) is 18.4 Å². The van der Waals surface area contributed by atoms with Crippen LogP contribution in [0.5, 0.6) is 0 Å². The first-order chi connectivity index (χ1) is 12.6. The fraction of sp³-hybridized carbons (Fsp3) is 0.421. The number of furan rings is 1. The number of hydrogen-bond donors (Lipinski definition) is 1. The molecule has 7 nitrogen and oxygen atoms in total. The van der Waals surface area contributed by atoms with Crippen molar-refractivity contribution in [3.05, 3.63) is 58.0 Å². The number of nitrogens with zero attached hydrogens (tertiary/aromatic N) is 2. The Morgan fingerprint density at radius 1 is 1.31 bits per heavy atom. The number of benzene rings is 1. The molecule has 0 saturated carbocycles. The SMILES string of the molecule is CC(=O)c1ccc(NC[C@H](c2ccco2)N2CCCCC2)c([N+](=O)[O-])c1. The molecule has 26 heavy (non-hydrogen) atoms. The second-order valence-electron chi connectivity index (χ2n) is 6.55. The molecule has 7 heteroatoms. The van der Waals surface area contributed by atoms with Gasteiger partial charge < -0.3 is 9.73 Å². The maximum atomic E-state index is 11.5. The van der Waals surface area contributed by atoms with Gasteiger partial charge in [0.05, 0.1) is 17.2 Å². The molecule has 1 aromatic carbocycles. The molecular weight excluding hydrogens is 334 g/mol. The molecule has 0 amide bonds. The average Bonchev–Trinajstić information content (AvgIpc) is 3.17. The van der Waals surface area contributed by atoms with Crippen LogP contribution in [0.25, 0.3) is 0 Å². The molecule has 1 aromatic heterocycles. The largest absolute Gasteiger partial charge is 0.468 e. The van der Waals surface area contributed by atoms with Crippen molar-refractivity contribution in [3.63, 3.8) is 0 Å². The number of hydrogen-bond acceptors (Lipinski definition) is 6. The van der Waals surface area contributed by atoms with E-state index in [0.29, 0.717) is 17.8 Å². The summed E-state index contributed by atoms with van der Waals surface area (Å²) in [5, 5.41) is 14.6. The number of likely N-dealkylation sites (tertiary alicyclic amines) is 1. The van der Waals surface area contributed by atoms with Crippen LogP contribution in [0, 0.1) is 10.1 Å². The molecule has 0 radical (unpaired) electrons. The van der Waals surface area contributed by atoms with E-state index in [9.17, 15) is 14.9 Å². The highest BCUT2D eigenvalue weighted by Crippen LogP contribution is 2.29. The topological polar surface area (TPSA) is 88.6 Å². The molecule has 138 valence electrons. The quantitative estimate of drug-likeness (QED) is 0.457. The Hall–Kier alpha value is -2.67. The Balaban J connectivity index is 1.80. The third kappa shape index (κ3) is 4.11. The first-order valence-electron chi connectivity index (χ1n) is 8.87. The van der Waals surface area contributed by atoms with Crippen LogP contribution < -0.4 is 5.32 Å². The van der Waals surface area contributed by atoms with Crippen LogP contribution >= 0.6 is 0 Å². The van der Waals surface area contributed by atoms with E-state index in [1.807, 2.05) is 12.1 Å². The van der Waals surface area contributed by atoms with Gasteiger partial charge in [-0.25, -0.2) is 0 Å². The smallest absolute Gasteiger partial charge is 0.293 e. The highest BCUT2D eigenvalue weighted by atomic mass is 16.6. The Labute approximate surface area is 152 Å². The standard InChI is InChI=1S/C19H23N3O4/c1-14(23)15-7-8-16(17(12-15)22(24)25)20-13-18(19-6-5-11-26-19)21-9-3-2-4-10-21/h5-8,11-12,18,20H,2-4,9-10,13H2,1H3/t18-/m1/s1. The molecule has 1 N–H and O–H groups in total. The number of carbonyl (C=O) groups is 1. The summed E-state index contributed by atoms with van der Waals surface area (Å²) in [7, 11) is 0. The van der Waals surface area contributed by atoms with Gasteiger partial charge in [0.25, 0.3) is 5.69 Å². The van der Waals surface area contributed by atoms with Crippen molar-refractivity contribution in [2.24, 2.45) is 0 Å². The maximum Gasteiger partial charge on any atom is 0.293 e. The van der Waals surface area contributed by atoms with Crippen LogP contribution in [-0.2, 0) is 0 Å². The number of nitro benzene ring substituents is 1. The summed E-state index contributed by atoms with van der Waals surface area (Å²) in [6.07, 6.45) is 5.17. The summed E-state index contributed by atoms with van der Waals surface area (Å²) in [6.45, 7) is 3.86. The zero-order valence-electron chi connectivity index (χ0n) is 14.8. The van der Waals surface area contributed by atoms with Crippen molar-refractivity contribution >= 4 is 17.2 Å². The van der Waals surface area contributed by atoms with Crippen LogP contribution in [0.4, 0.5) is 11.4 Å². The van der Waals surface area contributed by atoms with Gasteiger partial charge in [0.1, 0.15) is 11.4 Å². The number of Topliss-reactive ketones (excluding diaryl/α,β-unsaturated/α-hetero) is 1. The molecule has 3 rings (SSSR count). The van der Waals surface area contributed by atoms with E-state index in [-0.39, 0.29) is 17.5 Å². The zero-order valence-corrected chi connectivity index (χ0v) is 14.8. The van der Waals surface area contributed by atoms with E-state index in [1.165, 1.54) is 19.4 Å². The van der Waals surface area contributed by atoms with E-state index in [0.717, 1.165) is 31.7 Å². The summed E-state index contributed by atoms with van der Waals surface area (Å²) in [5.41, 5.74) is 0.656. The van der Waals surface area contributed by atoms with Crippen molar-refractivity contribution in [2.75, 3.05) is 25.0 Å². The number of anilines is 1. The van der Waals surface area contributed by atoms with Crippen molar-refractivity contribution in [1.29, 1.82) is 0 Å². The van der Waals surface area contributed by atoms with Gasteiger partial charge >= 0.3 is 0 Å². The van der Waals surface area contributed by atoms with Gasteiger partial charge in [-0.15, -0.1) is 0 Å². The van der Waals surface area contributed by atoms with Crippen LogP contribution in [0.3, 0.4) is 0 Å². The van der Waals surface area contributed by atoms with Crippen molar-refractivity contribution < 1.29 is 14.1 Å². The molecule has 2 aromatic rings. The molecule has 1 atom stereocenters. The maximum absolute atomic E-state index is 11.5. The molecule has 0 unspecified atom stereocenters.